The third-order valence-corrected chi connectivity index (χ3v) is 1.59. The van der Waals surface area contributed by atoms with Gasteiger partial charge >= 0.3 is 5.97 Å². The van der Waals surface area contributed by atoms with E-state index in [0.29, 0.717) is 5.69 Å². The molecule has 0 aliphatic heterocycles. The first kappa shape index (κ1) is 8.07. The lowest BCUT2D eigenvalue weighted by Gasteiger charge is -1.99. The van der Waals surface area contributed by atoms with E-state index in [1.807, 2.05) is 0 Å². The second-order valence-corrected chi connectivity index (χ2v) is 2.55. The Balaban J connectivity index is 2.84. The largest absolute Gasteiger partial charge is 0.481 e. The van der Waals surface area contributed by atoms with Gasteiger partial charge in [0.1, 0.15) is 0 Å². The molecule has 0 saturated carbocycles. The SMILES string of the molecule is C[C@H](C(=O)O)c1cnc(Cl)[nH]1. The highest BCUT2D eigenvalue weighted by Gasteiger charge is 2.15. The molecular formula is C6H7ClN2O2. The minimum absolute atomic E-state index is 0.216. The average Bonchev–Trinajstić information content (AvgIpc) is 2.34. The number of hydrogen-bond acceptors (Lipinski definition) is 2. The van der Waals surface area contributed by atoms with Crippen molar-refractivity contribution in [1.82, 2.24) is 9.97 Å². The van der Waals surface area contributed by atoms with E-state index in [9.17, 15) is 4.79 Å². The zero-order valence-electron chi connectivity index (χ0n) is 5.84. The molecule has 0 amide bonds. The van der Waals surface area contributed by atoms with Crippen LogP contribution in [0.25, 0.3) is 0 Å². The molecule has 0 bridgehead atoms. The third kappa shape index (κ3) is 1.71. The highest BCUT2D eigenvalue weighted by molar-refractivity contribution is 6.28. The Morgan fingerprint density at radius 1 is 1.91 bits per heavy atom. The van der Waals surface area contributed by atoms with Crippen LogP contribution in [-0.2, 0) is 4.79 Å². The Morgan fingerprint density at radius 3 is 2.91 bits per heavy atom. The second-order valence-electron chi connectivity index (χ2n) is 2.19. The van der Waals surface area contributed by atoms with Gasteiger partial charge in [-0.15, -0.1) is 0 Å². The summed E-state index contributed by atoms with van der Waals surface area (Å²) in [7, 11) is 0. The first-order valence-electron chi connectivity index (χ1n) is 3.04. The zero-order chi connectivity index (χ0) is 8.43. The number of aliphatic carboxylic acids is 1. The minimum Gasteiger partial charge on any atom is -0.481 e. The molecule has 5 heteroatoms. The molecule has 2 N–H and O–H groups in total. The van der Waals surface area contributed by atoms with Crippen LogP contribution in [-0.4, -0.2) is 21.0 Å². The maximum atomic E-state index is 10.4. The van der Waals surface area contributed by atoms with Gasteiger partial charge in [0.05, 0.1) is 12.1 Å². The molecule has 0 aliphatic rings. The van der Waals surface area contributed by atoms with Gasteiger partial charge < -0.3 is 10.1 Å². The van der Waals surface area contributed by atoms with Crippen molar-refractivity contribution >= 4 is 17.6 Å². The monoisotopic (exact) mass is 174 g/mol. The van der Waals surface area contributed by atoms with Crippen molar-refractivity contribution in [2.24, 2.45) is 0 Å². The smallest absolute Gasteiger partial charge is 0.312 e. The molecule has 1 rings (SSSR count). The zero-order valence-corrected chi connectivity index (χ0v) is 6.59. The standard InChI is InChI=1S/C6H7ClN2O2/c1-3(5(10)11)4-2-8-6(7)9-4/h2-3H,1H3,(H,8,9)(H,10,11)/t3-/m0/s1. The van der Waals surface area contributed by atoms with Crippen molar-refractivity contribution in [3.63, 3.8) is 0 Å². The van der Waals surface area contributed by atoms with Gasteiger partial charge in [0, 0.05) is 5.69 Å². The summed E-state index contributed by atoms with van der Waals surface area (Å²) in [6.45, 7) is 1.56. The summed E-state index contributed by atoms with van der Waals surface area (Å²) >= 11 is 5.45. The van der Waals surface area contributed by atoms with Crippen molar-refractivity contribution in [1.29, 1.82) is 0 Å². The van der Waals surface area contributed by atoms with Gasteiger partial charge in [0.2, 0.25) is 0 Å². The number of carbonyl (C=O) groups is 1. The number of rotatable bonds is 2. The Hall–Kier alpha value is -1.03. The number of nitrogens with one attached hydrogen (secondary N) is 1. The van der Waals surface area contributed by atoms with Crippen LogP contribution in [0.5, 0.6) is 0 Å². The highest BCUT2D eigenvalue weighted by atomic mass is 35.5. The van der Waals surface area contributed by atoms with Crippen molar-refractivity contribution in [3.05, 3.63) is 17.2 Å². The number of aromatic nitrogens is 2. The van der Waals surface area contributed by atoms with E-state index in [0.717, 1.165) is 0 Å². The van der Waals surface area contributed by atoms with Crippen molar-refractivity contribution < 1.29 is 9.90 Å². The number of carboxylic acids is 1. The molecule has 1 aromatic heterocycles. The van der Waals surface area contributed by atoms with Crippen LogP contribution in [0.4, 0.5) is 0 Å². The molecule has 1 aromatic rings. The topological polar surface area (TPSA) is 66.0 Å². The maximum Gasteiger partial charge on any atom is 0.312 e. The van der Waals surface area contributed by atoms with E-state index in [1.165, 1.54) is 6.20 Å². The Labute approximate surface area is 68.2 Å². The fourth-order valence-corrected chi connectivity index (χ4v) is 0.821. The van der Waals surface area contributed by atoms with Gasteiger partial charge in [0.25, 0.3) is 0 Å². The van der Waals surface area contributed by atoms with Crippen LogP contribution in [0.1, 0.15) is 18.5 Å². The van der Waals surface area contributed by atoms with Crippen molar-refractivity contribution in [2.45, 2.75) is 12.8 Å². The molecule has 0 saturated heterocycles. The molecule has 60 valence electrons. The number of nitrogens with zero attached hydrogens (tertiary/aromatic N) is 1. The summed E-state index contributed by atoms with van der Waals surface area (Å²) in [6, 6.07) is 0. The Morgan fingerprint density at radius 2 is 2.55 bits per heavy atom. The Kier molecular flexibility index (Phi) is 2.14. The summed E-state index contributed by atoms with van der Waals surface area (Å²) in [5.74, 6) is -1.49. The lowest BCUT2D eigenvalue weighted by Crippen LogP contribution is -2.07. The van der Waals surface area contributed by atoms with Gasteiger partial charge in [-0.05, 0) is 18.5 Å². The van der Waals surface area contributed by atoms with E-state index >= 15 is 0 Å². The number of halogens is 1. The molecule has 0 unspecified atom stereocenters. The highest BCUT2D eigenvalue weighted by Crippen LogP contribution is 2.14. The van der Waals surface area contributed by atoms with Crippen molar-refractivity contribution in [2.75, 3.05) is 0 Å². The number of imidazole rings is 1. The lowest BCUT2D eigenvalue weighted by atomic mass is 10.1. The van der Waals surface area contributed by atoms with E-state index in [2.05, 4.69) is 9.97 Å². The minimum atomic E-state index is -0.898. The first-order chi connectivity index (χ1) is 5.11. The molecule has 0 aliphatic carbocycles. The van der Waals surface area contributed by atoms with Crippen LogP contribution in [0.2, 0.25) is 5.28 Å². The van der Waals surface area contributed by atoms with Gasteiger partial charge in [-0.1, -0.05) is 0 Å². The van der Waals surface area contributed by atoms with Gasteiger partial charge in [-0.25, -0.2) is 4.98 Å². The van der Waals surface area contributed by atoms with Crippen LogP contribution < -0.4 is 0 Å². The van der Waals surface area contributed by atoms with Gasteiger partial charge in [-0.2, -0.15) is 0 Å². The van der Waals surface area contributed by atoms with Crippen LogP contribution in [0.3, 0.4) is 0 Å². The quantitative estimate of drug-likeness (QED) is 0.709. The van der Waals surface area contributed by atoms with E-state index in [4.69, 9.17) is 16.7 Å². The first-order valence-corrected chi connectivity index (χ1v) is 3.42. The number of H-pyrrole nitrogens is 1. The van der Waals surface area contributed by atoms with E-state index < -0.39 is 11.9 Å². The Bertz CT molecular complexity index is 271. The molecule has 0 radical (unpaired) electrons. The summed E-state index contributed by atoms with van der Waals surface area (Å²) in [4.78, 5) is 16.7. The molecule has 1 atom stereocenters. The van der Waals surface area contributed by atoms with Crippen LogP contribution in [0.15, 0.2) is 6.20 Å². The van der Waals surface area contributed by atoms with E-state index in [1.54, 1.807) is 6.92 Å². The summed E-state index contributed by atoms with van der Waals surface area (Å²) in [6.07, 6.45) is 1.42. The summed E-state index contributed by atoms with van der Waals surface area (Å²) < 4.78 is 0. The number of hydrogen-bond donors (Lipinski definition) is 2. The summed E-state index contributed by atoms with van der Waals surface area (Å²) in [5.41, 5.74) is 0.516. The van der Waals surface area contributed by atoms with Crippen LogP contribution >= 0.6 is 11.6 Å². The molecular weight excluding hydrogens is 168 g/mol. The lowest BCUT2D eigenvalue weighted by molar-refractivity contribution is -0.138. The van der Waals surface area contributed by atoms with E-state index in [-0.39, 0.29) is 5.28 Å². The molecule has 11 heavy (non-hydrogen) atoms. The number of carboxylic acid groups (broad SMARTS) is 1. The summed E-state index contributed by atoms with van der Waals surface area (Å²) in [5, 5.41) is 8.77. The third-order valence-electron chi connectivity index (χ3n) is 1.40. The van der Waals surface area contributed by atoms with Crippen molar-refractivity contribution in [3.8, 4) is 0 Å². The normalized spacial score (nSPS) is 12.9. The molecule has 4 nitrogen and oxygen atoms in total. The maximum absolute atomic E-state index is 10.4. The predicted molar refractivity (Wildman–Crippen MR) is 39.6 cm³/mol. The molecule has 0 aromatic carbocycles. The fraction of sp³-hybridized carbons (Fsp3) is 0.333. The number of aromatic amines is 1. The molecule has 0 fully saturated rings. The van der Waals surface area contributed by atoms with Gasteiger partial charge in [0.15, 0.2) is 5.28 Å². The molecule has 1 heterocycles. The predicted octanol–water partition coefficient (Wildman–Crippen LogP) is 1.25. The van der Waals surface area contributed by atoms with Crippen LogP contribution in [0, 0.1) is 0 Å². The second kappa shape index (κ2) is 2.92. The van der Waals surface area contributed by atoms with Gasteiger partial charge in [-0.3, -0.25) is 4.79 Å². The fourth-order valence-electron chi connectivity index (χ4n) is 0.663. The molecule has 0 spiro atoms. The average molecular weight is 175 g/mol.